The van der Waals surface area contributed by atoms with Gasteiger partial charge in [0.2, 0.25) is 10.0 Å². The van der Waals surface area contributed by atoms with Crippen molar-refractivity contribution in [2.45, 2.75) is 82.2 Å². The van der Waals surface area contributed by atoms with Crippen LogP contribution in [0.15, 0.2) is 29.8 Å². The molecular weight excluding hydrogens is 449 g/mol. The topological polar surface area (TPSA) is 102 Å². The van der Waals surface area contributed by atoms with Gasteiger partial charge >= 0.3 is 5.97 Å². The molecular formula is C24H34FNO6S. The highest BCUT2D eigenvalue weighted by Gasteiger charge is 2.45. The fourth-order valence-electron chi connectivity index (χ4n) is 4.48. The average molecular weight is 484 g/mol. The molecule has 0 bridgehead atoms. The van der Waals surface area contributed by atoms with Crippen LogP contribution in [0.25, 0.3) is 0 Å². The number of aryl methyl sites for hydroxylation is 1. The van der Waals surface area contributed by atoms with Gasteiger partial charge in [-0.15, -0.1) is 0 Å². The van der Waals surface area contributed by atoms with Crippen molar-refractivity contribution in [1.29, 1.82) is 0 Å². The molecule has 2 aliphatic rings. The lowest BCUT2D eigenvalue weighted by Crippen LogP contribution is -2.42. The highest BCUT2D eigenvalue weighted by molar-refractivity contribution is 7.93. The summed E-state index contributed by atoms with van der Waals surface area (Å²) in [7, 11) is -4.09. The number of carboxylic acid groups (broad SMARTS) is 1. The van der Waals surface area contributed by atoms with Crippen LogP contribution in [0.2, 0.25) is 0 Å². The minimum absolute atomic E-state index is 0.0434. The molecule has 0 radical (unpaired) electrons. The Labute approximate surface area is 195 Å². The first kappa shape index (κ1) is 25.6. The Morgan fingerprint density at radius 2 is 1.82 bits per heavy atom. The number of halogens is 1. The Bertz CT molecular complexity index is 956. The first-order chi connectivity index (χ1) is 15.8. The molecule has 1 atom stereocenters. The molecule has 1 saturated heterocycles. The Morgan fingerprint density at radius 1 is 1.15 bits per heavy atom. The first-order valence-electron chi connectivity index (χ1n) is 11.8. The monoisotopic (exact) mass is 483 g/mol. The lowest BCUT2D eigenvalue weighted by molar-refractivity contribution is -0.138. The van der Waals surface area contributed by atoms with Gasteiger partial charge in [-0.1, -0.05) is 45.4 Å². The van der Waals surface area contributed by atoms with Gasteiger partial charge in [0, 0.05) is 6.42 Å². The summed E-state index contributed by atoms with van der Waals surface area (Å²) in [6.45, 7) is 2.83. The van der Waals surface area contributed by atoms with Gasteiger partial charge in [-0.05, 0) is 49.1 Å². The number of ether oxygens (including phenoxy) is 2. The number of nitrogens with one attached hydrogen (secondary N) is 1. The van der Waals surface area contributed by atoms with Crippen LogP contribution in [-0.4, -0.2) is 43.7 Å². The molecule has 0 saturated carbocycles. The number of carbonyl (C=O) groups is 1. The van der Waals surface area contributed by atoms with E-state index >= 15 is 0 Å². The quantitative estimate of drug-likeness (QED) is 0.415. The molecule has 1 aromatic carbocycles. The Balaban J connectivity index is 1.71. The lowest BCUT2D eigenvalue weighted by Gasteiger charge is -2.32. The van der Waals surface area contributed by atoms with Crippen LogP contribution in [0.1, 0.15) is 70.3 Å². The summed E-state index contributed by atoms with van der Waals surface area (Å²) in [5.74, 6) is -2.93. The third kappa shape index (κ3) is 6.77. The molecule has 9 heteroatoms. The number of benzene rings is 1. The fourth-order valence-corrected chi connectivity index (χ4v) is 6.05. The summed E-state index contributed by atoms with van der Waals surface area (Å²) >= 11 is 0. The van der Waals surface area contributed by atoms with Crippen molar-refractivity contribution in [2.75, 3.05) is 17.9 Å². The van der Waals surface area contributed by atoms with Crippen LogP contribution in [0.3, 0.4) is 0 Å². The van der Waals surface area contributed by atoms with Crippen molar-refractivity contribution >= 4 is 21.7 Å². The molecule has 1 heterocycles. The SMILES string of the molecule is CCCCCCCCCc1cc(F)ccc1NS(=O)(=O)C1CCC2(C=C1C(=O)O)OCCO2. The van der Waals surface area contributed by atoms with Gasteiger partial charge < -0.3 is 14.6 Å². The maximum Gasteiger partial charge on any atom is 0.332 e. The van der Waals surface area contributed by atoms with E-state index in [0.29, 0.717) is 30.9 Å². The smallest absolute Gasteiger partial charge is 0.332 e. The Hall–Kier alpha value is -1.97. The zero-order chi connectivity index (χ0) is 23.9. The van der Waals surface area contributed by atoms with Gasteiger partial charge in [0.05, 0.1) is 24.5 Å². The zero-order valence-corrected chi connectivity index (χ0v) is 20.0. The molecule has 1 unspecified atom stereocenters. The van der Waals surface area contributed by atoms with E-state index in [9.17, 15) is 22.7 Å². The van der Waals surface area contributed by atoms with Crippen LogP contribution in [-0.2, 0) is 30.7 Å². The molecule has 1 aliphatic carbocycles. The van der Waals surface area contributed by atoms with E-state index in [1.54, 1.807) is 0 Å². The van der Waals surface area contributed by atoms with Crippen LogP contribution >= 0.6 is 0 Å². The molecule has 1 spiro atoms. The van der Waals surface area contributed by atoms with Crippen molar-refractivity contribution < 1.29 is 32.2 Å². The molecule has 1 fully saturated rings. The summed E-state index contributed by atoms with van der Waals surface area (Å²) in [5.41, 5.74) is 0.592. The van der Waals surface area contributed by atoms with Crippen molar-refractivity contribution in [1.82, 2.24) is 0 Å². The Morgan fingerprint density at radius 3 is 2.48 bits per heavy atom. The van der Waals surface area contributed by atoms with Gasteiger partial charge in [0.1, 0.15) is 11.1 Å². The summed E-state index contributed by atoms with van der Waals surface area (Å²) in [6.07, 6.45) is 9.80. The minimum Gasteiger partial charge on any atom is -0.478 e. The summed E-state index contributed by atoms with van der Waals surface area (Å²) in [6, 6.07) is 3.95. The Kier molecular flexibility index (Phi) is 8.89. The molecule has 2 N–H and O–H groups in total. The summed E-state index contributed by atoms with van der Waals surface area (Å²) in [5, 5.41) is 8.41. The van der Waals surface area contributed by atoms with E-state index in [4.69, 9.17) is 9.47 Å². The average Bonchev–Trinajstić information content (AvgIpc) is 3.22. The van der Waals surface area contributed by atoms with Crippen LogP contribution in [0.4, 0.5) is 10.1 Å². The lowest BCUT2D eigenvalue weighted by atomic mass is 9.94. The number of hydrogen-bond acceptors (Lipinski definition) is 5. The highest BCUT2D eigenvalue weighted by Crippen LogP contribution is 2.37. The van der Waals surface area contributed by atoms with E-state index in [-0.39, 0.29) is 18.4 Å². The number of sulfonamides is 1. The maximum absolute atomic E-state index is 13.9. The molecule has 184 valence electrons. The van der Waals surface area contributed by atoms with Crippen molar-refractivity contribution in [2.24, 2.45) is 0 Å². The number of rotatable bonds is 12. The molecule has 1 aromatic rings. The van der Waals surface area contributed by atoms with Crippen LogP contribution < -0.4 is 4.72 Å². The van der Waals surface area contributed by atoms with Crippen LogP contribution in [0.5, 0.6) is 0 Å². The van der Waals surface area contributed by atoms with Gasteiger partial charge in [-0.25, -0.2) is 17.6 Å². The molecule has 3 rings (SSSR count). The highest BCUT2D eigenvalue weighted by atomic mass is 32.2. The van der Waals surface area contributed by atoms with Crippen molar-refractivity contribution in [3.63, 3.8) is 0 Å². The van der Waals surface area contributed by atoms with Crippen molar-refractivity contribution in [3.05, 3.63) is 41.2 Å². The van der Waals surface area contributed by atoms with E-state index in [1.165, 1.54) is 43.5 Å². The van der Waals surface area contributed by atoms with Gasteiger partial charge in [0.25, 0.3) is 0 Å². The summed E-state index contributed by atoms with van der Waals surface area (Å²) < 4.78 is 53.9. The predicted molar refractivity (Wildman–Crippen MR) is 124 cm³/mol. The number of anilines is 1. The van der Waals surface area contributed by atoms with Crippen LogP contribution in [0, 0.1) is 5.82 Å². The molecule has 7 nitrogen and oxygen atoms in total. The summed E-state index contributed by atoms with van der Waals surface area (Å²) in [4.78, 5) is 11.9. The second-order valence-electron chi connectivity index (χ2n) is 8.76. The molecule has 1 aliphatic heterocycles. The largest absolute Gasteiger partial charge is 0.478 e. The molecule has 0 aromatic heterocycles. The molecule has 0 amide bonds. The fraction of sp³-hybridized carbons (Fsp3) is 0.625. The zero-order valence-electron chi connectivity index (χ0n) is 19.1. The van der Waals surface area contributed by atoms with Gasteiger partial charge in [-0.2, -0.15) is 0 Å². The van der Waals surface area contributed by atoms with E-state index in [2.05, 4.69) is 11.6 Å². The number of aliphatic carboxylic acids is 1. The maximum atomic E-state index is 13.9. The van der Waals surface area contributed by atoms with E-state index < -0.39 is 32.8 Å². The third-order valence-electron chi connectivity index (χ3n) is 6.24. The standard InChI is InChI=1S/C24H34FNO6S/c1-2-3-4-5-6-7-8-9-18-16-19(25)10-11-21(18)26-33(29,30)22-12-13-24(31-14-15-32-24)17-20(22)23(27)28/h10-11,16-17,22,26H,2-9,12-15H2,1H3,(H,27,28). The number of hydrogen-bond donors (Lipinski definition) is 2. The second kappa shape index (κ2) is 11.4. The van der Waals surface area contributed by atoms with Gasteiger partial charge in [0.15, 0.2) is 5.79 Å². The third-order valence-corrected chi connectivity index (χ3v) is 7.99. The predicted octanol–water partition coefficient (Wildman–Crippen LogP) is 4.78. The minimum atomic E-state index is -4.09. The van der Waals surface area contributed by atoms with E-state index in [1.807, 2.05) is 0 Å². The normalized spacial score (nSPS) is 20.1. The number of carboxylic acids is 1. The van der Waals surface area contributed by atoms with Crippen molar-refractivity contribution in [3.8, 4) is 0 Å². The number of unbranched alkanes of at least 4 members (excludes halogenated alkanes) is 6. The van der Waals surface area contributed by atoms with Gasteiger partial charge in [-0.3, -0.25) is 4.72 Å². The van der Waals surface area contributed by atoms with E-state index in [0.717, 1.165) is 25.7 Å². The first-order valence-corrected chi connectivity index (χ1v) is 13.3. The second-order valence-corrected chi connectivity index (χ2v) is 10.6. The molecule has 33 heavy (non-hydrogen) atoms.